The van der Waals surface area contributed by atoms with Crippen LogP contribution in [0.15, 0.2) is 24.3 Å². The topological polar surface area (TPSA) is 40.4 Å². The second-order valence-electron chi connectivity index (χ2n) is 8.65. The van der Waals surface area contributed by atoms with Gasteiger partial charge in [-0.3, -0.25) is 4.79 Å². The molecule has 3 nitrogen and oxygen atoms in total. The SMILES string of the molecule is CC(C)(C)[Si](C)(C)Oc1cc(Cl)cc(C=CCC(=O)[N]C2CCCC2)c1. The average molecular weight is 393 g/mol. The van der Waals surface area contributed by atoms with E-state index >= 15 is 0 Å². The maximum absolute atomic E-state index is 12.0. The van der Waals surface area contributed by atoms with Crippen molar-refractivity contribution in [3.63, 3.8) is 0 Å². The fourth-order valence-corrected chi connectivity index (χ4v) is 4.02. The molecule has 0 N–H and O–H groups in total. The molecule has 1 amide bonds. The van der Waals surface area contributed by atoms with Crippen LogP contribution in [0.5, 0.6) is 5.75 Å². The molecule has 1 aliphatic rings. The van der Waals surface area contributed by atoms with Crippen LogP contribution in [-0.2, 0) is 4.79 Å². The maximum atomic E-state index is 12.0. The van der Waals surface area contributed by atoms with Gasteiger partial charge in [0.05, 0.1) is 6.04 Å². The smallest absolute Gasteiger partial charge is 0.250 e. The molecule has 0 atom stereocenters. The first-order chi connectivity index (χ1) is 12.1. The monoisotopic (exact) mass is 392 g/mol. The molecule has 0 aromatic heterocycles. The van der Waals surface area contributed by atoms with Gasteiger partial charge < -0.3 is 4.43 Å². The van der Waals surface area contributed by atoms with Crippen LogP contribution in [0.1, 0.15) is 58.4 Å². The zero-order valence-electron chi connectivity index (χ0n) is 16.6. The molecular formula is C21H31ClNO2Si. The Morgan fingerprint density at radius 1 is 1.27 bits per heavy atom. The van der Waals surface area contributed by atoms with Crippen LogP contribution < -0.4 is 9.74 Å². The van der Waals surface area contributed by atoms with E-state index in [1.165, 1.54) is 12.8 Å². The second kappa shape index (κ2) is 8.62. The molecule has 0 saturated heterocycles. The molecule has 26 heavy (non-hydrogen) atoms. The molecule has 1 fully saturated rings. The summed E-state index contributed by atoms with van der Waals surface area (Å²) in [4.78, 5) is 12.0. The maximum Gasteiger partial charge on any atom is 0.250 e. The van der Waals surface area contributed by atoms with E-state index in [0.29, 0.717) is 11.4 Å². The Hall–Kier alpha value is -1.26. The number of amides is 1. The molecule has 143 valence electrons. The minimum absolute atomic E-state index is 0.0343. The first-order valence-electron chi connectivity index (χ1n) is 9.47. The van der Waals surface area contributed by atoms with Gasteiger partial charge in [-0.05, 0) is 54.7 Å². The van der Waals surface area contributed by atoms with Gasteiger partial charge in [0.15, 0.2) is 0 Å². The van der Waals surface area contributed by atoms with Crippen molar-refractivity contribution >= 4 is 31.9 Å². The number of carbonyl (C=O) groups excluding carboxylic acids is 1. The van der Waals surface area contributed by atoms with Gasteiger partial charge in [-0.15, -0.1) is 0 Å². The highest BCUT2D eigenvalue weighted by atomic mass is 35.5. The highest BCUT2D eigenvalue weighted by molar-refractivity contribution is 6.74. The van der Waals surface area contributed by atoms with Gasteiger partial charge in [0, 0.05) is 11.4 Å². The van der Waals surface area contributed by atoms with E-state index in [0.717, 1.165) is 24.2 Å². The van der Waals surface area contributed by atoms with Crippen LogP contribution >= 0.6 is 11.6 Å². The zero-order chi connectivity index (χ0) is 19.4. The van der Waals surface area contributed by atoms with Crippen LogP contribution in [-0.4, -0.2) is 20.3 Å². The molecular weight excluding hydrogens is 362 g/mol. The number of hydrogen-bond acceptors (Lipinski definition) is 2. The third-order valence-electron chi connectivity index (χ3n) is 5.33. The van der Waals surface area contributed by atoms with E-state index in [1.54, 1.807) is 0 Å². The van der Waals surface area contributed by atoms with Crippen LogP contribution in [0.25, 0.3) is 6.08 Å². The van der Waals surface area contributed by atoms with Crippen molar-refractivity contribution in [2.45, 2.75) is 77.0 Å². The van der Waals surface area contributed by atoms with Crippen LogP contribution in [0.2, 0.25) is 23.2 Å². The summed E-state index contributed by atoms with van der Waals surface area (Å²) in [6.45, 7) is 11.1. The van der Waals surface area contributed by atoms with Crippen molar-refractivity contribution in [2.24, 2.45) is 0 Å². The summed E-state index contributed by atoms with van der Waals surface area (Å²) in [5.74, 6) is 0.763. The summed E-state index contributed by atoms with van der Waals surface area (Å²) in [5.41, 5.74) is 0.944. The minimum atomic E-state index is -1.91. The van der Waals surface area contributed by atoms with E-state index in [4.69, 9.17) is 16.0 Å². The minimum Gasteiger partial charge on any atom is -0.543 e. The van der Waals surface area contributed by atoms with Gasteiger partial charge in [-0.1, -0.05) is 57.4 Å². The molecule has 0 unspecified atom stereocenters. The Balaban J connectivity index is 1.99. The predicted octanol–water partition coefficient (Wildman–Crippen LogP) is 6.20. The summed E-state index contributed by atoms with van der Waals surface area (Å²) in [6, 6.07) is 5.97. The van der Waals surface area contributed by atoms with E-state index in [2.05, 4.69) is 39.2 Å². The highest BCUT2D eigenvalue weighted by Gasteiger charge is 2.39. The Labute approximate surface area is 164 Å². The lowest BCUT2D eigenvalue weighted by atomic mass is 10.2. The summed E-state index contributed by atoms with van der Waals surface area (Å²) < 4.78 is 6.34. The van der Waals surface area contributed by atoms with Crippen molar-refractivity contribution in [3.05, 3.63) is 34.9 Å². The Bertz CT molecular complexity index is 658. The normalized spacial score (nSPS) is 16.2. The lowest BCUT2D eigenvalue weighted by Gasteiger charge is -2.36. The summed E-state index contributed by atoms with van der Waals surface area (Å²) in [5, 5.41) is 5.05. The first-order valence-corrected chi connectivity index (χ1v) is 12.8. The van der Waals surface area contributed by atoms with Gasteiger partial charge in [-0.2, -0.15) is 0 Å². The van der Waals surface area contributed by atoms with Crippen LogP contribution in [0, 0.1) is 0 Å². The molecule has 1 radical (unpaired) electrons. The molecule has 1 aliphatic carbocycles. The molecule has 0 bridgehead atoms. The molecule has 2 rings (SSSR count). The number of rotatable bonds is 6. The Morgan fingerprint density at radius 3 is 2.54 bits per heavy atom. The number of nitrogens with zero attached hydrogens (tertiary/aromatic N) is 1. The fourth-order valence-electron chi connectivity index (χ4n) is 2.77. The Kier molecular flexibility index (Phi) is 6.97. The van der Waals surface area contributed by atoms with E-state index in [9.17, 15) is 4.79 Å². The van der Waals surface area contributed by atoms with Gasteiger partial charge in [0.1, 0.15) is 5.75 Å². The quantitative estimate of drug-likeness (QED) is 0.540. The molecule has 0 heterocycles. The van der Waals surface area contributed by atoms with E-state index < -0.39 is 8.32 Å². The van der Waals surface area contributed by atoms with E-state index in [1.807, 2.05) is 30.4 Å². The van der Waals surface area contributed by atoms with Crippen molar-refractivity contribution in [3.8, 4) is 5.75 Å². The third kappa shape index (κ3) is 6.17. The number of benzene rings is 1. The second-order valence-corrected chi connectivity index (χ2v) is 13.8. The van der Waals surface area contributed by atoms with Crippen LogP contribution in [0.3, 0.4) is 0 Å². The molecule has 1 saturated carbocycles. The van der Waals surface area contributed by atoms with Crippen molar-refractivity contribution < 1.29 is 9.22 Å². The summed E-state index contributed by atoms with van der Waals surface area (Å²) in [7, 11) is -1.91. The number of halogens is 1. The molecule has 5 heteroatoms. The van der Waals surface area contributed by atoms with Gasteiger partial charge in [0.25, 0.3) is 0 Å². The lowest BCUT2D eigenvalue weighted by molar-refractivity contribution is -0.121. The number of carbonyl (C=O) groups is 1. The standard InChI is InChI=1S/C21H31ClNO2Si/c1-21(2,3)26(4,5)25-19-14-16(13-17(22)15-19)9-8-12-20(24)23-18-10-6-7-11-18/h8-9,13-15,18H,6-7,10-12H2,1-5H3. The average Bonchev–Trinajstić information content (AvgIpc) is 2.97. The zero-order valence-corrected chi connectivity index (χ0v) is 18.4. The van der Waals surface area contributed by atoms with Crippen LogP contribution in [0.4, 0.5) is 0 Å². The lowest BCUT2D eigenvalue weighted by Crippen LogP contribution is -2.43. The molecule has 1 aromatic carbocycles. The predicted molar refractivity (Wildman–Crippen MR) is 112 cm³/mol. The van der Waals surface area contributed by atoms with Crippen molar-refractivity contribution in [2.75, 3.05) is 0 Å². The van der Waals surface area contributed by atoms with Gasteiger partial charge >= 0.3 is 0 Å². The van der Waals surface area contributed by atoms with E-state index in [-0.39, 0.29) is 17.0 Å². The Morgan fingerprint density at radius 2 is 1.92 bits per heavy atom. The van der Waals surface area contributed by atoms with Crippen molar-refractivity contribution in [1.29, 1.82) is 0 Å². The van der Waals surface area contributed by atoms with Crippen molar-refractivity contribution in [1.82, 2.24) is 5.32 Å². The molecule has 0 spiro atoms. The van der Waals surface area contributed by atoms with Gasteiger partial charge in [0.2, 0.25) is 14.2 Å². The number of hydrogen-bond donors (Lipinski definition) is 0. The van der Waals surface area contributed by atoms with Gasteiger partial charge in [-0.25, -0.2) is 5.32 Å². The molecule has 1 aromatic rings. The molecule has 0 aliphatic heterocycles. The summed E-state index contributed by atoms with van der Waals surface area (Å²) in [6.07, 6.45) is 8.61. The first kappa shape index (κ1) is 21.0. The summed E-state index contributed by atoms with van der Waals surface area (Å²) >= 11 is 6.26. The highest BCUT2D eigenvalue weighted by Crippen LogP contribution is 2.38. The third-order valence-corrected chi connectivity index (χ3v) is 9.90. The fraction of sp³-hybridized carbons (Fsp3) is 0.571. The largest absolute Gasteiger partial charge is 0.543 e.